The fourth-order valence-corrected chi connectivity index (χ4v) is 1.61. The first-order valence-corrected chi connectivity index (χ1v) is 5.97. The molecule has 0 aromatic carbocycles. The van der Waals surface area contributed by atoms with Gasteiger partial charge in [0.1, 0.15) is 0 Å². The summed E-state index contributed by atoms with van der Waals surface area (Å²) in [6.07, 6.45) is 0. The summed E-state index contributed by atoms with van der Waals surface area (Å²) >= 11 is 19.9. The van der Waals surface area contributed by atoms with Gasteiger partial charge in [0.15, 0.2) is 0 Å². The van der Waals surface area contributed by atoms with Gasteiger partial charge in [0.05, 0.1) is 0 Å². The van der Waals surface area contributed by atoms with Crippen molar-refractivity contribution in [2.24, 2.45) is 0 Å². The zero-order chi connectivity index (χ0) is 16.1. The van der Waals surface area contributed by atoms with Crippen LogP contribution in [0.5, 0.6) is 0 Å². The molecule has 0 spiro atoms. The molecular formula is C8H6Cl4O8. The van der Waals surface area contributed by atoms with Crippen molar-refractivity contribution in [2.45, 2.75) is 25.4 Å². The van der Waals surface area contributed by atoms with E-state index in [0.717, 1.165) is 13.8 Å². The molecular weight excluding hydrogens is 366 g/mol. The van der Waals surface area contributed by atoms with Crippen molar-refractivity contribution in [1.82, 2.24) is 0 Å². The maximum Gasteiger partial charge on any atom is 0.407 e. The Balaban J connectivity index is 5.70. The van der Waals surface area contributed by atoms with E-state index in [-0.39, 0.29) is 0 Å². The summed E-state index contributed by atoms with van der Waals surface area (Å²) in [6, 6.07) is 0. The van der Waals surface area contributed by atoms with E-state index in [4.69, 9.17) is 46.4 Å². The van der Waals surface area contributed by atoms with Crippen LogP contribution in [0, 0.1) is 0 Å². The minimum absolute atomic E-state index is 0.854. The van der Waals surface area contributed by atoms with Crippen molar-refractivity contribution in [3.05, 3.63) is 0 Å². The van der Waals surface area contributed by atoms with Crippen LogP contribution in [0.4, 0.5) is 19.2 Å². The second-order valence-electron chi connectivity index (χ2n) is 3.25. The van der Waals surface area contributed by atoms with Crippen LogP contribution in [0.25, 0.3) is 0 Å². The van der Waals surface area contributed by atoms with Gasteiger partial charge in [0.25, 0.3) is 0 Å². The van der Waals surface area contributed by atoms with Crippen LogP contribution in [0.2, 0.25) is 0 Å². The number of carbonyl (C=O) groups excluding carboxylic acids is 4. The molecule has 0 fully saturated rings. The second kappa shape index (κ2) is 7.16. The first-order valence-electron chi connectivity index (χ1n) is 4.46. The molecule has 0 radical (unpaired) electrons. The maximum atomic E-state index is 10.8. The molecule has 0 rings (SSSR count). The number of hydrogen-bond donors (Lipinski definition) is 0. The molecule has 0 unspecified atom stereocenters. The van der Waals surface area contributed by atoms with E-state index in [1.165, 1.54) is 0 Å². The molecule has 0 bridgehead atoms. The summed E-state index contributed by atoms with van der Waals surface area (Å²) in [6.45, 7) is 1.71. The summed E-state index contributed by atoms with van der Waals surface area (Å²) in [5.74, 6) is -5.11. The second-order valence-corrected chi connectivity index (χ2v) is 4.48. The molecule has 0 aromatic rings. The predicted octanol–water partition coefficient (Wildman–Crippen LogP) is 3.92. The van der Waals surface area contributed by atoms with Crippen LogP contribution >= 0.6 is 46.4 Å². The molecule has 0 heterocycles. The van der Waals surface area contributed by atoms with Gasteiger partial charge in [-0.3, -0.25) is 0 Å². The maximum absolute atomic E-state index is 10.8. The van der Waals surface area contributed by atoms with Crippen LogP contribution in [0.1, 0.15) is 13.8 Å². The molecule has 0 aliphatic rings. The van der Waals surface area contributed by atoms with Crippen LogP contribution in [0.15, 0.2) is 0 Å². The Bertz CT molecular complexity index is 364. The highest BCUT2D eigenvalue weighted by Crippen LogP contribution is 2.35. The zero-order valence-electron chi connectivity index (χ0n) is 9.78. The highest BCUT2D eigenvalue weighted by molar-refractivity contribution is 6.62. The number of rotatable bonds is 5. The Morgan fingerprint density at radius 2 is 0.750 bits per heavy atom. The number of halogens is 4. The average Bonchev–Trinajstić information content (AvgIpc) is 2.10. The SMILES string of the molecule is CC(OC(=O)Cl)(OC(=O)Cl)C(C)(OC(=O)Cl)OC(=O)Cl. The van der Waals surface area contributed by atoms with Gasteiger partial charge in [-0.1, -0.05) is 0 Å². The van der Waals surface area contributed by atoms with Crippen LogP contribution in [-0.2, 0) is 18.9 Å². The molecule has 12 heteroatoms. The zero-order valence-corrected chi connectivity index (χ0v) is 12.8. The third-order valence-electron chi connectivity index (χ3n) is 1.92. The molecule has 0 aliphatic heterocycles. The Kier molecular flexibility index (Phi) is 6.82. The van der Waals surface area contributed by atoms with Crippen molar-refractivity contribution in [1.29, 1.82) is 0 Å². The Morgan fingerprint density at radius 1 is 0.600 bits per heavy atom. The van der Waals surface area contributed by atoms with Crippen molar-refractivity contribution in [3.8, 4) is 0 Å². The molecule has 114 valence electrons. The monoisotopic (exact) mass is 370 g/mol. The van der Waals surface area contributed by atoms with Crippen molar-refractivity contribution < 1.29 is 38.1 Å². The van der Waals surface area contributed by atoms with Crippen LogP contribution < -0.4 is 0 Å². The lowest BCUT2D eigenvalue weighted by atomic mass is 10.1. The van der Waals surface area contributed by atoms with Crippen molar-refractivity contribution in [3.63, 3.8) is 0 Å². The van der Waals surface area contributed by atoms with Crippen LogP contribution in [0.3, 0.4) is 0 Å². The van der Waals surface area contributed by atoms with E-state index in [1.54, 1.807) is 0 Å². The molecule has 0 N–H and O–H groups in total. The van der Waals surface area contributed by atoms with E-state index < -0.39 is 33.3 Å². The quantitative estimate of drug-likeness (QED) is 0.528. The molecule has 0 amide bonds. The first-order chi connectivity index (χ1) is 8.92. The molecule has 8 nitrogen and oxygen atoms in total. The lowest BCUT2D eigenvalue weighted by Gasteiger charge is -2.39. The molecule has 20 heavy (non-hydrogen) atoms. The molecule has 0 saturated heterocycles. The first kappa shape index (κ1) is 19.0. The van der Waals surface area contributed by atoms with Gasteiger partial charge in [-0.25, -0.2) is 19.2 Å². The van der Waals surface area contributed by atoms with Gasteiger partial charge in [-0.2, -0.15) is 0 Å². The number of carbonyl (C=O) groups is 4. The van der Waals surface area contributed by atoms with Gasteiger partial charge in [-0.05, 0) is 0 Å². The Hall–Kier alpha value is -0.960. The van der Waals surface area contributed by atoms with Gasteiger partial charge in [0, 0.05) is 60.3 Å². The van der Waals surface area contributed by atoms with E-state index in [1.807, 2.05) is 0 Å². The van der Waals surface area contributed by atoms with Crippen molar-refractivity contribution in [2.75, 3.05) is 0 Å². The topological polar surface area (TPSA) is 105 Å². The summed E-state index contributed by atoms with van der Waals surface area (Å²) in [5.41, 5.74) is -5.97. The third-order valence-corrected chi connectivity index (χ3v) is 2.23. The Morgan fingerprint density at radius 3 is 0.850 bits per heavy atom. The minimum atomic E-state index is -2.56. The minimum Gasteiger partial charge on any atom is -0.402 e. The van der Waals surface area contributed by atoms with Gasteiger partial charge < -0.3 is 18.9 Å². The molecule has 0 saturated carbocycles. The number of hydrogen-bond acceptors (Lipinski definition) is 8. The van der Waals surface area contributed by atoms with Gasteiger partial charge in [0.2, 0.25) is 0 Å². The highest BCUT2D eigenvalue weighted by Gasteiger charge is 2.58. The van der Waals surface area contributed by atoms with Gasteiger partial charge >= 0.3 is 33.3 Å². The largest absolute Gasteiger partial charge is 0.407 e. The molecule has 0 aromatic heterocycles. The smallest absolute Gasteiger partial charge is 0.402 e. The summed E-state index contributed by atoms with van der Waals surface area (Å²) in [4.78, 5) is 43.3. The fourth-order valence-electron chi connectivity index (χ4n) is 1.02. The normalized spacial score (nSPS) is 11.3. The highest BCUT2D eigenvalue weighted by atomic mass is 35.5. The summed E-state index contributed by atoms with van der Waals surface area (Å²) in [7, 11) is 0. The number of ether oxygens (including phenoxy) is 4. The average molecular weight is 372 g/mol. The van der Waals surface area contributed by atoms with E-state index in [0.29, 0.717) is 0 Å². The van der Waals surface area contributed by atoms with Crippen LogP contribution in [-0.4, -0.2) is 33.3 Å². The van der Waals surface area contributed by atoms with Gasteiger partial charge in [-0.15, -0.1) is 0 Å². The van der Waals surface area contributed by atoms with E-state index >= 15 is 0 Å². The summed E-state index contributed by atoms with van der Waals surface area (Å²) in [5, 5.41) is 0. The standard InChI is InChI=1S/C8H6Cl4O8/c1-7(17-3(9)13,18-4(10)14)8(2,19-5(11)15)20-6(12)16/h1-2H3. The molecule has 0 aliphatic carbocycles. The molecule has 0 atom stereocenters. The van der Waals surface area contributed by atoms with E-state index in [2.05, 4.69) is 18.9 Å². The predicted molar refractivity (Wildman–Crippen MR) is 66.1 cm³/mol. The third kappa shape index (κ3) is 5.58. The van der Waals surface area contributed by atoms with Crippen molar-refractivity contribution >= 4 is 68.1 Å². The lowest BCUT2D eigenvalue weighted by Crippen LogP contribution is -2.58. The Labute approximate surface area is 132 Å². The summed E-state index contributed by atoms with van der Waals surface area (Å²) < 4.78 is 17.8. The fraction of sp³-hybridized carbons (Fsp3) is 0.500. The lowest BCUT2D eigenvalue weighted by molar-refractivity contribution is -0.318. The van der Waals surface area contributed by atoms with E-state index in [9.17, 15) is 19.2 Å².